The van der Waals surface area contributed by atoms with Crippen LogP contribution in [0.3, 0.4) is 0 Å². The highest BCUT2D eigenvalue weighted by atomic mass is 35.5. The van der Waals surface area contributed by atoms with E-state index in [9.17, 15) is 4.79 Å². The lowest BCUT2D eigenvalue weighted by atomic mass is 10.1. The van der Waals surface area contributed by atoms with Gasteiger partial charge < -0.3 is 10.6 Å². The molecular weight excluding hydrogens is 278 g/mol. The molecule has 1 fully saturated rings. The normalized spacial score (nSPS) is 15.9. The van der Waals surface area contributed by atoms with Crippen LogP contribution in [0.2, 0.25) is 0 Å². The van der Waals surface area contributed by atoms with E-state index in [1.165, 1.54) is 0 Å². The van der Waals surface area contributed by atoms with Crippen LogP contribution in [0.5, 0.6) is 0 Å². The van der Waals surface area contributed by atoms with Crippen molar-refractivity contribution in [1.29, 1.82) is 0 Å². The van der Waals surface area contributed by atoms with Crippen LogP contribution in [-0.4, -0.2) is 60.3 Å². The molecule has 1 aliphatic heterocycles. The Morgan fingerprint density at radius 3 is 2.75 bits per heavy atom. The fourth-order valence-corrected chi connectivity index (χ4v) is 2.10. The van der Waals surface area contributed by atoms with Crippen molar-refractivity contribution in [3.63, 3.8) is 0 Å². The third-order valence-corrected chi connectivity index (χ3v) is 3.38. The lowest BCUT2D eigenvalue weighted by Gasteiger charge is -2.26. The van der Waals surface area contributed by atoms with Crippen LogP contribution in [0.1, 0.15) is 35.9 Å². The maximum absolute atomic E-state index is 11.9. The van der Waals surface area contributed by atoms with Crippen LogP contribution in [0.4, 0.5) is 0 Å². The van der Waals surface area contributed by atoms with Gasteiger partial charge in [-0.05, 0) is 12.0 Å². The second-order valence-electron chi connectivity index (χ2n) is 5.21. The molecule has 0 aliphatic carbocycles. The average Bonchev–Trinajstić information content (AvgIpc) is 2.89. The van der Waals surface area contributed by atoms with Crippen LogP contribution in [0.15, 0.2) is 6.07 Å². The van der Waals surface area contributed by atoms with Crippen molar-refractivity contribution >= 4 is 18.3 Å². The van der Waals surface area contributed by atoms with E-state index in [4.69, 9.17) is 0 Å². The number of carbonyl (C=O) groups is 1. The number of hydrogen-bond donors (Lipinski definition) is 3. The molecule has 3 N–H and O–H groups in total. The standard InChI is InChI=1S/C13H23N5O.ClH/c1-10(2)11-9-12(17-16-11)13(19)15-5-8-18-6-3-14-4-7-18;/h9-10,14H,3-8H2,1-2H3,(H,15,19)(H,16,17);1H. The van der Waals surface area contributed by atoms with Gasteiger partial charge in [0.15, 0.2) is 0 Å². The topological polar surface area (TPSA) is 73.1 Å². The molecule has 2 rings (SSSR count). The highest BCUT2D eigenvalue weighted by Crippen LogP contribution is 2.11. The van der Waals surface area contributed by atoms with Gasteiger partial charge in [0.2, 0.25) is 0 Å². The van der Waals surface area contributed by atoms with Crippen molar-refractivity contribution in [2.24, 2.45) is 0 Å². The molecule has 1 aromatic heterocycles. The summed E-state index contributed by atoms with van der Waals surface area (Å²) in [6.07, 6.45) is 0. The monoisotopic (exact) mass is 301 g/mol. The third kappa shape index (κ3) is 4.77. The Morgan fingerprint density at radius 2 is 2.15 bits per heavy atom. The lowest BCUT2D eigenvalue weighted by Crippen LogP contribution is -2.46. The first-order chi connectivity index (χ1) is 9.16. The number of carbonyl (C=O) groups excluding carboxylic acids is 1. The van der Waals surface area contributed by atoms with Gasteiger partial charge in [-0.15, -0.1) is 12.4 Å². The molecule has 0 atom stereocenters. The van der Waals surface area contributed by atoms with Crippen LogP contribution in [0.25, 0.3) is 0 Å². The first-order valence-corrected chi connectivity index (χ1v) is 6.93. The highest BCUT2D eigenvalue weighted by molar-refractivity contribution is 5.92. The summed E-state index contributed by atoms with van der Waals surface area (Å²) in [5.74, 6) is 0.258. The third-order valence-electron chi connectivity index (χ3n) is 3.38. The fourth-order valence-electron chi connectivity index (χ4n) is 2.10. The predicted octanol–water partition coefficient (Wildman–Crippen LogP) is 0.590. The molecule has 0 spiro atoms. The van der Waals surface area contributed by atoms with Crippen LogP contribution in [-0.2, 0) is 0 Å². The Bertz CT molecular complexity index is 415. The Hall–Kier alpha value is -1.11. The highest BCUT2D eigenvalue weighted by Gasteiger charge is 2.13. The summed E-state index contributed by atoms with van der Waals surface area (Å²) < 4.78 is 0. The van der Waals surface area contributed by atoms with Gasteiger partial charge >= 0.3 is 0 Å². The molecule has 0 saturated carbocycles. The van der Waals surface area contributed by atoms with Crippen LogP contribution >= 0.6 is 12.4 Å². The average molecular weight is 302 g/mol. The van der Waals surface area contributed by atoms with Crippen molar-refractivity contribution in [1.82, 2.24) is 25.7 Å². The minimum absolute atomic E-state index is 0. The summed E-state index contributed by atoms with van der Waals surface area (Å²) >= 11 is 0. The number of nitrogens with one attached hydrogen (secondary N) is 3. The summed E-state index contributed by atoms with van der Waals surface area (Å²) in [4.78, 5) is 14.2. The van der Waals surface area contributed by atoms with Crippen molar-refractivity contribution in [2.45, 2.75) is 19.8 Å². The zero-order chi connectivity index (χ0) is 13.7. The van der Waals surface area contributed by atoms with E-state index in [1.54, 1.807) is 0 Å². The smallest absolute Gasteiger partial charge is 0.271 e. The molecular formula is C13H24ClN5O. The molecule has 1 saturated heterocycles. The van der Waals surface area contributed by atoms with Gasteiger partial charge in [0, 0.05) is 45.0 Å². The van der Waals surface area contributed by atoms with Crippen LogP contribution < -0.4 is 10.6 Å². The van der Waals surface area contributed by atoms with E-state index >= 15 is 0 Å². The Morgan fingerprint density at radius 1 is 1.45 bits per heavy atom. The van der Waals surface area contributed by atoms with E-state index in [2.05, 4.69) is 39.6 Å². The molecule has 7 heteroatoms. The van der Waals surface area contributed by atoms with Gasteiger partial charge in [0.25, 0.3) is 5.91 Å². The SMILES string of the molecule is CC(C)c1cc(C(=O)NCCN2CCNCC2)n[nH]1.Cl. The molecule has 0 bridgehead atoms. The van der Waals surface area contributed by atoms with Gasteiger partial charge in [0.1, 0.15) is 5.69 Å². The quantitative estimate of drug-likeness (QED) is 0.744. The number of nitrogens with zero attached hydrogens (tertiary/aromatic N) is 2. The molecule has 0 aromatic carbocycles. The second kappa shape index (κ2) is 8.24. The van der Waals surface area contributed by atoms with Crippen molar-refractivity contribution in [2.75, 3.05) is 39.3 Å². The summed E-state index contributed by atoms with van der Waals surface area (Å²) in [6, 6.07) is 1.82. The largest absolute Gasteiger partial charge is 0.349 e. The second-order valence-corrected chi connectivity index (χ2v) is 5.21. The van der Waals surface area contributed by atoms with Crippen molar-refractivity contribution in [3.8, 4) is 0 Å². The van der Waals surface area contributed by atoms with E-state index in [0.717, 1.165) is 38.4 Å². The van der Waals surface area contributed by atoms with Gasteiger partial charge in [-0.2, -0.15) is 5.10 Å². The fraction of sp³-hybridized carbons (Fsp3) is 0.692. The van der Waals surface area contributed by atoms with E-state index in [-0.39, 0.29) is 18.3 Å². The molecule has 114 valence electrons. The molecule has 20 heavy (non-hydrogen) atoms. The van der Waals surface area contributed by atoms with Gasteiger partial charge in [-0.1, -0.05) is 13.8 Å². The van der Waals surface area contributed by atoms with Gasteiger partial charge in [-0.25, -0.2) is 0 Å². The Balaban J connectivity index is 0.00000200. The number of aromatic amines is 1. The molecule has 0 unspecified atom stereocenters. The summed E-state index contributed by atoms with van der Waals surface area (Å²) in [7, 11) is 0. The Kier molecular flexibility index (Phi) is 6.98. The summed E-state index contributed by atoms with van der Waals surface area (Å²) in [5, 5.41) is 13.2. The van der Waals surface area contributed by atoms with E-state index in [0.29, 0.717) is 18.2 Å². The molecule has 6 nitrogen and oxygen atoms in total. The lowest BCUT2D eigenvalue weighted by molar-refractivity contribution is 0.0942. The number of amides is 1. The summed E-state index contributed by atoms with van der Waals surface area (Å²) in [5.41, 5.74) is 1.47. The summed E-state index contributed by atoms with van der Waals surface area (Å²) in [6.45, 7) is 9.87. The first-order valence-electron chi connectivity index (χ1n) is 6.93. The van der Waals surface area contributed by atoms with Crippen molar-refractivity contribution in [3.05, 3.63) is 17.5 Å². The molecule has 1 aliphatic rings. The maximum atomic E-state index is 11.9. The zero-order valence-corrected chi connectivity index (χ0v) is 12.9. The molecule has 1 aromatic rings. The number of piperazine rings is 1. The number of H-pyrrole nitrogens is 1. The molecule has 1 amide bonds. The van der Waals surface area contributed by atoms with Gasteiger partial charge in [-0.3, -0.25) is 14.8 Å². The van der Waals surface area contributed by atoms with Gasteiger partial charge in [0.05, 0.1) is 0 Å². The van der Waals surface area contributed by atoms with Crippen LogP contribution in [0, 0.1) is 0 Å². The zero-order valence-electron chi connectivity index (χ0n) is 12.1. The number of halogens is 1. The number of rotatable bonds is 5. The number of aromatic nitrogens is 2. The van der Waals surface area contributed by atoms with E-state index < -0.39 is 0 Å². The molecule has 0 radical (unpaired) electrons. The Labute approximate surface area is 126 Å². The predicted molar refractivity (Wildman–Crippen MR) is 81.6 cm³/mol. The number of hydrogen-bond acceptors (Lipinski definition) is 4. The van der Waals surface area contributed by atoms with E-state index in [1.807, 2.05) is 6.07 Å². The maximum Gasteiger partial charge on any atom is 0.271 e. The minimum Gasteiger partial charge on any atom is -0.349 e. The molecule has 2 heterocycles. The van der Waals surface area contributed by atoms with Crippen molar-refractivity contribution < 1.29 is 4.79 Å². The first kappa shape index (κ1) is 16.9. The minimum atomic E-state index is -0.0988.